The molecule has 3 atom stereocenters. The van der Waals surface area contributed by atoms with E-state index < -0.39 is 5.54 Å². The van der Waals surface area contributed by atoms with Gasteiger partial charge >= 0.3 is 5.97 Å². The Balaban J connectivity index is 2.01. The van der Waals surface area contributed by atoms with Gasteiger partial charge in [0.15, 0.2) is 0 Å². The lowest BCUT2D eigenvalue weighted by Gasteiger charge is -2.33. The molecule has 1 N–H and O–H groups in total. The minimum atomic E-state index is -0.466. The summed E-state index contributed by atoms with van der Waals surface area (Å²) in [5.41, 5.74) is -0.466. The zero-order valence-electron chi connectivity index (χ0n) is 14.0. The Kier molecular flexibility index (Phi) is 5.63. The normalized spacial score (nSPS) is 33.8. The Bertz CT molecular complexity index is 361. The summed E-state index contributed by atoms with van der Waals surface area (Å²) < 4.78 is 5.29. The van der Waals surface area contributed by atoms with Crippen LogP contribution in [0.5, 0.6) is 0 Å². The van der Waals surface area contributed by atoms with Crippen LogP contribution >= 0.6 is 0 Å². The van der Waals surface area contributed by atoms with Crippen LogP contribution in [-0.2, 0) is 9.53 Å². The van der Waals surface area contributed by atoms with Crippen molar-refractivity contribution in [2.24, 2.45) is 0 Å². The molecule has 1 aliphatic heterocycles. The fourth-order valence-corrected chi connectivity index (χ4v) is 4.04. The molecule has 1 saturated heterocycles. The van der Waals surface area contributed by atoms with Crippen LogP contribution in [0, 0.1) is 0 Å². The molecular weight excluding hydrogens is 266 g/mol. The van der Waals surface area contributed by atoms with E-state index in [-0.39, 0.29) is 5.97 Å². The lowest BCUT2D eigenvalue weighted by atomic mass is 9.97. The van der Waals surface area contributed by atoms with Crippen LogP contribution < -0.4 is 5.32 Å². The third-order valence-electron chi connectivity index (χ3n) is 5.10. The van der Waals surface area contributed by atoms with Crippen molar-refractivity contribution in [3.63, 3.8) is 0 Å². The molecule has 5 heteroatoms. The average Bonchev–Trinajstić information content (AvgIpc) is 3.05. The molecule has 1 heterocycles. The summed E-state index contributed by atoms with van der Waals surface area (Å²) in [6.07, 6.45) is 5.41. The first-order chi connectivity index (χ1) is 10.0. The lowest BCUT2D eigenvalue weighted by Crippen LogP contribution is -2.51. The van der Waals surface area contributed by atoms with E-state index in [1.807, 2.05) is 14.0 Å². The number of likely N-dealkylation sites (N-methyl/N-ethyl adjacent to an activating group) is 2. The Morgan fingerprint density at radius 2 is 2.19 bits per heavy atom. The first-order valence-corrected chi connectivity index (χ1v) is 8.29. The van der Waals surface area contributed by atoms with E-state index >= 15 is 0 Å². The number of hydrogen-bond acceptors (Lipinski definition) is 5. The van der Waals surface area contributed by atoms with E-state index in [1.54, 1.807) is 0 Å². The van der Waals surface area contributed by atoms with E-state index in [0.717, 1.165) is 25.8 Å². The Hall–Kier alpha value is -0.650. The van der Waals surface area contributed by atoms with Crippen molar-refractivity contribution in [3.05, 3.63) is 0 Å². The van der Waals surface area contributed by atoms with Crippen molar-refractivity contribution < 1.29 is 9.53 Å². The van der Waals surface area contributed by atoms with Gasteiger partial charge in [-0.3, -0.25) is 9.69 Å². The number of esters is 1. The molecule has 0 spiro atoms. The van der Waals surface area contributed by atoms with Crippen molar-refractivity contribution in [2.75, 3.05) is 40.8 Å². The molecule has 0 bridgehead atoms. The highest BCUT2D eigenvalue weighted by molar-refractivity contribution is 5.81. The van der Waals surface area contributed by atoms with Gasteiger partial charge in [-0.2, -0.15) is 0 Å². The van der Waals surface area contributed by atoms with Crippen LogP contribution in [0.1, 0.15) is 39.0 Å². The van der Waals surface area contributed by atoms with E-state index in [2.05, 4.69) is 29.2 Å². The third kappa shape index (κ3) is 3.58. The summed E-state index contributed by atoms with van der Waals surface area (Å²) in [6, 6.07) is 1.15. The number of likely N-dealkylation sites (tertiary alicyclic amines) is 1. The van der Waals surface area contributed by atoms with E-state index in [1.165, 1.54) is 19.4 Å². The van der Waals surface area contributed by atoms with Crippen molar-refractivity contribution in [1.29, 1.82) is 0 Å². The van der Waals surface area contributed by atoms with Gasteiger partial charge in [0.25, 0.3) is 0 Å². The second-order valence-electron chi connectivity index (χ2n) is 6.75. The van der Waals surface area contributed by atoms with Gasteiger partial charge in [-0.15, -0.1) is 0 Å². The first-order valence-electron chi connectivity index (χ1n) is 8.29. The number of nitrogens with one attached hydrogen (secondary N) is 1. The van der Waals surface area contributed by atoms with Crippen LogP contribution in [0.15, 0.2) is 0 Å². The van der Waals surface area contributed by atoms with Crippen LogP contribution in [0.4, 0.5) is 0 Å². The van der Waals surface area contributed by atoms with Crippen molar-refractivity contribution >= 4 is 5.97 Å². The molecule has 3 unspecified atom stereocenters. The second kappa shape index (κ2) is 7.07. The molecule has 2 aliphatic rings. The molecule has 5 nitrogen and oxygen atoms in total. The van der Waals surface area contributed by atoms with Crippen molar-refractivity contribution in [1.82, 2.24) is 15.1 Å². The topological polar surface area (TPSA) is 44.8 Å². The summed E-state index contributed by atoms with van der Waals surface area (Å²) >= 11 is 0. The summed E-state index contributed by atoms with van der Waals surface area (Å²) in [4.78, 5) is 17.2. The molecule has 2 fully saturated rings. The number of carbonyl (C=O) groups excluding carboxylic acids is 1. The lowest BCUT2D eigenvalue weighted by molar-refractivity contribution is -0.151. The minimum Gasteiger partial charge on any atom is -0.465 e. The first kappa shape index (κ1) is 16.7. The van der Waals surface area contributed by atoms with Gasteiger partial charge in [0.2, 0.25) is 0 Å². The molecule has 0 radical (unpaired) electrons. The molecule has 21 heavy (non-hydrogen) atoms. The zero-order valence-corrected chi connectivity index (χ0v) is 14.0. The fourth-order valence-electron chi connectivity index (χ4n) is 4.04. The van der Waals surface area contributed by atoms with Crippen LogP contribution in [-0.4, -0.2) is 74.2 Å². The highest BCUT2D eigenvalue weighted by Crippen LogP contribution is 2.37. The van der Waals surface area contributed by atoms with Gasteiger partial charge in [-0.25, -0.2) is 0 Å². The molecular formula is C16H31N3O2. The molecule has 0 amide bonds. The SMILES string of the molecule is CCOC(=O)C1(NC)CCC(N2CCCC2CN(C)C)C1. The van der Waals surface area contributed by atoms with Crippen LogP contribution in [0.3, 0.4) is 0 Å². The Morgan fingerprint density at radius 3 is 2.81 bits per heavy atom. The third-order valence-corrected chi connectivity index (χ3v) is 5.10. The van der Waals surface area contributed by atoms with Crippen LogP contribution in [0.25, 0.3) is 0 Å². The number of hydrogen-bond donors (Lipinski definition) is 1. The summed E-state index contributed by atoms with van der Waals surface area (Å²) in [5.74, 6) is -0.0710. The molecule has 1 aliphatic carbocycles. The molecule has 1 saturated carbocycles. The molecule has 0 aromatic rings. The van der Waals surface area contributed by atoms with Gasteiger partial charge in [0, 0.05) is 18.6 Å². The monoisotopic (exact) mass is 297 g/mol. The summed E-state index contributed by atoms with van der Waals surface area (Å²) in [5, 5.41) is 3.26. The second-order valence-corrected chi connectivity index (χ2v) is 6.75. The van der Waals surface area contributed by atoms with E-state index in [9.17, 15) is 4.79 Å². The summed E-state index contributed by atoms with van der Waals surface area (Å²) in [6.45, 7) is 4.62. The average molecular weight is 297 g/mol. The van der Waals surface area contributed by atoms with Crippen molar-refractivity contribution in [2.45, 2.75) is 56.7 Å². The quantitative estimate of drug-likeness (QED) is 0.744. The largest absolute Gasteiger partial charge is 0.465 e. The smallest absolute Gasteiger partial charge is 0.326 e. The number of rotatable bonds is 6. The van der Waals surface area contributed by atoms with Gasteiger partial charge in [0.1, 0.15) is 5.54 Å². The molecule has 0 aromatic heterocycles. The number of ether oxygens (including phenoxy) is 1. The Labute approximate surface area is 129 Å². The van der Waals surface area contributed by atoms with E-state index in [4.69, 9.17) is 4.74 Å². The maximum absolute atomic E-state index is 12.3. The van der Waals surface area contributed by atoms with Gasteiger partial charge < -0.3 is 15.0 Å². The highest BCUT2D eigenvalue weighted by atomic mass is 16.5. The minimum absolute atomic E-state index is 0.0710. The zero-order chi connectivity index (χ0) is 15.5. The highest BCUT2D eigenvalue weighted by Gasteiger charge is 2.48. The van der Waals surface area contributed by atoms with E-state index in [0.29, 0.717) is 18.7 Å². The summed E-state index contributed by atoms with van der Waals surface area (Å²) in [7, 11) is 6.17. The standard InChI is InChI=1S/C16H31N3O2/c1-5-21-15(20)16(17-2)9-8-13(11-16)19-10-6-7-14(19)12-18(3)4/h13-14,17H,5-12H2,1-4H3. The maximum Gasteiger partial charge on any atom is 0.326 e. The Morgan fingerprint density at radius 1 is 1.43 bits per heavy atom. The predicted molar refractivity (Wildman–Crippen MR) is 84.3 cm³/mol. The maximum atomic E-state index is 12.3. The molecule has 122 valence electrons. The van der Waals surface area contributed by atoms with Crippen LogP contribution in [0.2, 0.25) is 0 Å². The fraction of sp³-hybridized carbons (Fsp3) is 0.938. The number of carbonyl (C=O) groups is 1. The van der Waals surface area contributed by atoms with Gasteiger partial charge in [-0.05, 0) is 66.7 Å². The predicted octanol–water partition coefficient (Wildman–Crippen LogP) is 1.09. The van der Waals surface area contributed by atoms with Gasteiger partial charge in [-0.1, -0.05) is 0 Å². The molecule has 2 rings (SSSR count). The van der Waals surface area contributed by atoms with Crippen molar-refractivity contribution in [3.8, 4) is 0 Å². The molecule has 0 aromatic carbocycles. The van der Waals surface area contributed by atoms with Gasteiger partial charge in [0.05, 0.1) is 6.61 Å². The number of nitrogens with zero attached hydrogens (tertiary/aromatic N) is 2.